The quantitative estimate of drug-likeness (QED) is 0.371. The molecule has 0 radical (unpaired) electrons. The second kappa shape index (κ2) is 4.71. The third-order valence-electron chi connectivity index (χ3n) is 3.08. The van der Waals surface area contributed by atoms with Gasteiger partial charge in [0.1, 0.15) is 16.9 Å². The van der Waals surface area contributed by atoms with Crippen LogP contribution in [0.2, 0.25) is 0 Å². The SMILES string of the molecule is NCc1c(CN)c(O)c2c([N+](=O)[O-])cccc2c1O. The van der Waals surface area contributed by atoms with Crippen molar-refractivity contribution in [1.29, 1.82) is 0 Å². The lowest BCUT2D eigenvalue weighted by atomic mass is 9.96. The molecule has 7 nitrogen and oxygen atoms in total. The van der Waals surface area contributed by atoms with Gasteiger partial charge < -0.3 is 21.7 Å². The van der Waals surface area contributed by atoms with E-state index < -0.39 is 4.92 Å². The van der Waals surface area contributed by atoms with Crippen molar-refractivity contribution in [2.75, 3.05) is 0 Å². The molecule has 19 heavy (non-hydrogen) atoms. The van der Waals surface area contributed by atoms with E-state index in [2.05, 4.69) is 0 Å². The van der Waals surface area contributed by atoms with E-state index in [1.165, 1.54) is 18.2 Å². The number of hydrogen-bond donors (Lipinski definition) is 4. The molecule has 0 amide bonds. The molecule has 2 aromatic carbocycles. The first-order valence-corrected chi connectivity index (χ1v) is 5.55. The summed E-state index contributed by atoms with van der Waals surface area (Å²) in [6, 6.07) is 4.17. The van der Waals surface area contributed by atoms with E-state index in [9.17, 15) is 20.3 Å². The number of phenols is 2. The van der Waals surface area contributed by atoms with Crippen molar-refractivity contribution in [2.24, 2.45) is 11.5 Å². The number of rotatable bonds is 3. The number of benzene rings is 2. The first kappa shape index (κ1) is 13.1. The normalized spacial score (nSPS) is 10.8. The molecule has 0 saturated carbocycles. The van der Waals surface area contributed by atoms with Crippen LogP contribution in [-0.4, -0.2) is 15.1 Å². The highest BCUT2D eigenvalue weighted by Gasteiger charge is 2.23. The van der Waals surface area contributed by atoms with Crippen molar-refractivity contribution in [3.05, 3.63) is 39.4 Å². The van der Waals surface area contributed by atoms with E-state index in [0.717, 1.165) is 0 Å². The van der Waals surface area contributed by atoms with Gasteiger partial charge in [-0.1, -0.05) is 12.1 Å². The Morgan fingerprint density at radius 3 is 2.21 bits per heavy atom. The van der Waals surface area contributed by atoms with Gasteiger partial charge in [0.2, 0.25) is 0 Å². The maximum absolute atomic E-state index is 11.0. The number of nitrogens with two attached hydrogens (primary N) is 2. The number of nitro groups is 1. The summed E-state index contributed by atoms with van der Waals surface area (Å²) >= 11 is 0. The highest BCUT2D eigenvalue weighted by atomic mass is 16.6. The predicted molar refractivity (Wildman–Crippen MR) is 69.7 cm³/mol. The van der Waals surface area contributed by atoms with Gasteiger partial charge in [-0.2, -0.15) is 0 Å². The minimum Gasteiger partial charge on any atom is -0.507 e. The summed E-state index contributed by atoms with van der Waals surface area (Å²) < 4.78 is 0. The fourth-order valence-corrected chi connectivity index (χ4v) is 2.18. The topological polar surface area (TPSA) is 136 Å². The monoisotopic (exact) mass is 263 g/mol. The second-order valence-corrected chi connectivity index (χ2v) is 4.02. The Morgan fingerprint density at radius 2 is 1.68 bits per heavy atom. The van der Waals surface area contributed by atoms with Gasteiger partial charge in [-0.15, -0.1) is 0 Å². The summed E-state index contributed by atoms with van der Waals surface area (Å²) in [5.74, 6) is -0.484. The Labute approximate surface area is 108 Å². The Morgan fingerprint density at radius 1 is 1.11 bits per heavy atom. The average molecular weight is 263 g/mol. The molecular formula is C12H13N3O4. The van der Waals surface area contributed by atoms with Gasteiger partial charge in [0, 0.05) is 35.7 Å². The Balaban J connectivity index is 3.02. The first-order chi connectivity index (χ1) is 9.02. The van der Waals surface area contributed by atoms with Crippen LogP contribution in [-0.2, 0) is 13.1 Å². The van der Waals surface area contributed by atoms with Crippen molar-refractivity contribution in [2.45, 2.75) is 13.1 Å². The maximum atomic E-state index is 11.0. The lowest BCUT2D eigenvalue weighted by Gasteiger charge is -2.14. The molecule has 0 bridgehead atoms. The lowest BCUT2D eigenvalue weighted by Crippen LogP contribution is -2.07. The molecule has 7 heteroatoms. The molecule has 0 saturated heterocycles. The summed E-state index contributed by atoms with van der Waals surface area (Å²) in [7, 11) is 0. The molecule has 0 aliphatic carbocycles. The highest BCUT2D eigenvalue weighted by molar-refractivity contribution is 6.01. The summed E-state index contributed by atoms with van der Waals surface area (Å²) in [5, 5.41) is 31.4. The maximum Gasteiger partial charge on any atom is 0.281 e. The molecule has 0 heterocycles. The molecule has 2 rings (SSSR count). The number of aromatic hydroxyl groups is 2. The van der Waals surface area contributed by atoms with Crippen LogP contribution in [0.1, 0.15) is 11.1 Å². The van der Waals surface area contributed by atoms with Crippen LogP contribution in [0.15, 0.2) is 18.2 Å². The molecule has 0 unspecified atom stereocenters. The Hall–Kier alpha value is -2.38. The number of non-ortho nitro benzene ring substituents is 1. The van der Waals surface area contributed by atoms with Gasteiger partial charge in [0.05, 0.1) is 4.92 Å². The molecule has 2 aromatic rings. The van der Waals surface area contributed by atoms with Gasteiger partial charge in [0.25, 0.3) is 5.69 Å². The number of hydrogen-bond acceptors (Lipinski definition) is 6. The van der Waals surface area contributed by atoms with E-state index in [-0.39, 0.29) is 46.6 Å². The van der Waals surface area contributed by atoms with E-state index >= 15 is 0 Å². The Bertz CT molecular complexity index is 670. The number of phenolic OH excluding ortho intramolecular Hbond substituents is 2. The zero-order chi connectivity index (χ0) is 14.2. The van der Waals surface area contributed by atoms with Crippen molar-refractivity contribution in [3.8, 4) is 11.5 Å². The van der Waals surface area contributed by atoms with Crippen molar-refractivity contribution >= 4 is 16.5 Å². The molecule has 0 fully saturated rings. The summed E-state index contributed by atoms with van der Waals surface area (Å²) in [5.41, 5.74) is 11.3. The van der Waals surface area contributed by atoms with Crippen LogP contribution in [0, 0.1) is 10.1 Å². The standard InChI is InChI=1S/C12H13N3O4/c13-4-7-8(5-14)12(17)10-6(11(7)16)2-1-3-9(10)15(18)19/h1-3,16-17H,4-5,13-14H2. The fourth-order valence-electron chi connectivity index (χ4n) is 2.18. The van der Waals surface area contributed by atoms with E-state index in [1.807, 2.05) is 0 Å². The van der Waals surface area contributed by atoms with Crippen LogP contribution < -0.4 is 11.5 Å². The minimum absolute atomic E-state index is 0.0233. The van der Waals surface area contributed by atoms with E-state index in [1.54, 1.807) is 0 Å². The van der Waals surface area contributed by atoms with E-state index in [0.29, 0.717) is 5.56 Å². The number of fused-ring (bicyclic) bond motifs is 1. The molecule has 0 aliphatic rings. The molecule has 0 aliphatic heterocycles. The van der Waals surface area contributed by atoms with Crippen LogP contribution in [0.4, 0.5) is 5.69 Å². The van der Waals surface area contributed by atoms with Gasteiger partial charge in [-0.05, 0) is 0 Å². The van der Waals surface area contributed by atoms with Crippen LogP contribution >= 0.6 is 0 Å². The van der Waals surface area contributed by atoms with Crippen LogP contribution in [0.3, 0.4) is 0 Å². The molecule has 6 N–H and O–H groups in total. The van der Waals surface area contributed by atoms with E-state index in [4.69, 9.17) is 11.5 Å². The largest absolute Gasteiger partial charge is 0.507 e. The molecular weight excluding hydrogens is 250 g/mol. The van der Waals surface area contributed by atoms with Gasteiger partial charge in [0.15, 0.2) is 0 Å². The zero-order valence-corrected chi connectivity index (χ0v) is 9.96. The third-order valence-corrected chi connectivity index (χ3v) is 3.08. The molecule has 0 atom stereocenters. The molecule has 0 spiro atoms. The van der Waals surface area contributed by atoms with Crippen LogP contribution in [0.5, 0.6) is 11.5 Å². The third kappa shape index (κ3) is 1.85. The lowest BCUT2D eigenvalue weighted by molar-refractivity contribution is -0.383. The average Bonchev–Trinajstić information content (AvgIpc) is 2.41. The van der Waals surface area contributed by atoms with Crippen molar-refractivity contribution < 1.29 is 15.1 Å². The van der Waals surface area contributed by atoms with Gasteiger partial charge >= 0.3 is 0 Å². The Kier molecular flexibility index (Phi) is 3.24. The summed E-state index contributed by atoms with van der Waals surface area (Å²) in [6.07, 6.45) is 0. The minimum atomic E-state index is -0.621. The smallest absolute Gasteiger partial charge is 0.281 e. The summed E-state index contributed by atoms with van der Waals surface area (Å²) in [4.78, 5) is 10.4. The number of nitro benzene ring substituents is 1. The first-order valence-electron chi connectivity index (χ1n) is 5.55. The highest BCUT2D eigenvalue weighted by Crippen LogP contribution is 2.43. The predicted octanol–water partition coefficient (Wildman–Crippen LogP) is 1.08. The summed E-state index contributed by atoms with van der Waals surface area (Å²) in [6.45, 7) is -0.0987. The number of nitrogens with zero attached hydrogens (tertiary/aromatic N) is 1. The molecule has 0 aromatic heterocycles. The molecule has 100 valence electrons. The fraction of sp³-hybridized carbons (Fsp3) is 0.167. The van der Waals surface area contributed by atoms with Gasteiger partial charge in [-0.3, -0.25) is 10.1 Å². The van der Waals surface area contributed by atoms with Crippen molar-refractivity contribution in [1.82, 2.24) is 0 Å². The van der Waals surface area contributed by atoms with Crippen molar-refractivity contribution in [3.63, 3.8) is 0 Å². The second-order valence-electron chi connectivity index (χ2n) is 4.02. The van der Waals surface area contributed by atoms with Gasteiger partial charge in [-0.25, -0.2) is 0 Å². The zero-order valence-electron chi connectivity index (χ0n) is 9.96. The van der Waals surface area contributed by atoms with Crippen LogP contribution in [0.25, 0.3) is 10.8 Å².